The lowest BCUT2D eigenvalue weighted by atomic mass is 10.0. The maximum Gasteiger partial charge on any atom is 0.320 e. The minimum Gasteiger partial charge on any atom is -0.480 e. The molecule has 0 saturated carbocycles. The molecule has 0 fully saturated rings. The van der Waals surface area contributed by atoms with Crippen LogP contribution in [0.3, 0.4) is 0 Å². The van der Waals surface area contributed by atoms with Crippen molar-refractivity contribution in [3.8, 4) is 0 Å². The Morgan fingerprint density at radius 3 is 2.00 bits per heavy atom. The summed E-state index contributed by atoms with van der Waals surface area (Å²) in [5.41, 5.74) is 0. The van der Waals surface area contributed by atoms with Gasteiger partial charge in [0, 0.05) is 6.54 Å². The normalized spacial score (nSPS) is 14.0. The highest BCUT2D eigenvalue weighted by Crippen LogP contribution is 2.12. The molecule has 0 rings (SSSR count). The van der Waals surface area contributed by atoms with Gasteiger partial charge in [-0.05, 0) is 25.3 Å². The van der Waals surface area contributed by atoms with E-state index < -0.39 is 5.97 Å². The monoisotopic (exact) mass is 201 g/mol. The minimum absolute atomic E-state index is 0.336. The number of likely N-dealkylation sites (N-methyl/N-ethyl adjacent to an activating group) is 1. The highest BCUT2D eigenvalue weighted by Gasteiger charge is 2.23. The van der Waals surface area contributed by atoms with Crippen molar-refractivity contribution in [1.82, 2.24) is 4.90 Å². The number of carboxylic acid groups (broad SMARTS) is 1. The van der Waals surface area contributed by atoms with Gasteiger partial charge in [0.25, 0.3) is 0 Å². The number of rotatable bonds is 6. The van der Waals surface area contributed by atoms with Gasteiger partial charge in [0.1, 0.15) is 6.04 Å². The molecule has 0 bridgehead atoms. The zero-order valence-corrected chi connectivity index (χ0v) is 9.95. The fourth-order valence-corrected chi connectivity index (χ4v) is 1.62. The van der Waals surface area contributed by atoms with Gasteiger partial charge in [-0.25, -0.2) is 0 Å². The summed E-state index contributed by atoms with van der Waals surface area (Å²) < 4.78 is 0. The van der Waals surface area contributed by atoms with Gasteiger partial charge in [0.15, 0.2) is 0 Å². The van der Waals surface area contributed by atoms with Gasteiger partial charge in [-0.3, -0.25) is 9.69 Å². The molecule has 0 aromatic heterocycles. The van der Waals surface area contributed by atoms with Crippen molar-refractivity contribution in [3.63, 3.8) is 0 Å². The summed E-state index contributed by atoms with van der Waals surface area (Å²) in [5.74, 6) is 0.224. The van der Waals surface area contributed by atoms with Crippen LogP contribution in [-0.2, 0) is 4.79 Å². The molecule has 0 radical (unpaired) electrons. The molecule has 1 N–H and O–H groups in total. The van der Waals surface area contributed by atoms with Crippen LogP contribution in [0.5, 0.6) is 0 Å². The summed E-state index contributed by atoms with van der Waals surface area (Å²) in [5, 5.41) is 9.06. The third-order valence-corrected chi connectivity index (χ3v) is 2.16. The predicted octanol–water partition coefficient (Wildman–Crippen LogP) is 2.07. The second-order valence-corrected chi connectivity index (χ2v) is 4.82. The molecule has 0 heterocycles. The Balaban J connectivity index is 4.26. The van der Waals surface area contributed by atoms with Crippen LogP contribution in [0, 0.1) is 11.8 Å². The summed E-state index contributed by atoms with van der Waals surface area (Å²) in [7, 11) is 1.89. The Bertz CT molecular complexity index is 178. The fraction of sp³-hybridized carbons (Fsp3) is 0.909. The van der Waals surface area contributed by atoms with Crippen molar-refractivity contribution in [1.29, 1.82) is 0 Å². The molecular weight excluding hydrogens is 178 g/mol. The quantitative estimate of drug-likeness (QED) is 0.715. The van der Waals surface area contributed by atoms with Gasteiger partial charge in [-0.1, -0.05) is 27.7 Å². The Hall–Kier alpha value is -0.570. The van der Waals surface area contributed by atoms with Crippen LogP contribution in [0.2, 0.25) is 0 Å². The molecule has 3 heteroatoms. The van der Waals surface area contributed by atoms with Gasteiger partial charge >= 0.3 is 5.97 Å². The van der Waals surface area contributed by atoms with Gasteiger partial charge in [0.2, 0.25) is 0 Å². The van der Waals surface area contributed by atoms with E-state index in [1.54, 1.807) is 0 Å². The van der Waals surface area contributed by atoms with Crippen LogP contribution in [0.4, 0.5) is 0 Å². The summed E-state index contributed by atoms with van der Waals surface area (Å²) in [4.78, 5) is 13.0. The molecule has 0 aliphatic heterocycles. The standard InChI is InChI=1S/C11H23NO2/c1-8(2)6-10(11(13)14)12(5)7-9(3)4/h8-10H,6-7H2,1-5H3,(H,13,14). The molecule has 1 atom stereocenters. The van der Waals surface area contributed by atoms with Gasteiger partial charge < -0.3 is 5.11 Å². The van der Waals surface area contributed by atoms with Gasteiger partial charge in [0.05, 0.1) is 0 Å². The molecule has 0 aromatic rings. The Kier molecular flexibility index (Phi) is 5.77. The molecule has 3 nitrogen and oxygen atoms in total. The Morgan fingerprint density at radius 2 is 1.71 bits per heavy atom. The number of aliphatic carboxylic acids is 1. The van der Waals surface area contributed by atoms with E-state index in [1.165, 1.54) is 0 Å². The molecule has 0 aliphatic rings. The van der Waals surface area contributed by atoms with E-state index in [1.807, 2.05) is 11.9 Å². The van der Waals surface area contributed by atoms with E-state index in [-0.39, 0.29) is 6.04 Å². The highest BCUT2D eigenvalue weighted by atomic mass is 16.4. The number of nitrogens with zero attached hydrogens (tertiary/aromatic N) is 1. The van der Waals surface area contributed by atoms with Gasteiger partial charge in [-0.15, -0.1) is 0 Å². The van der Waals surface area contributed by atoms with Crippen molar-refractivity contribution in [3.05, 3.63) is 0 Å². The number of hydrogen-bond donors (Lipinski definition) is 1. The van der Waals surface area contributed by atoms with Crippen molar-refractivity contribution in [2.75, 3.05) is 13.6 Å². The molecule has 0 aliphatic carbocycles. The Morgan fingerprint density at radius 1 is 1.21 bits per heavy atom. The maximum atomic E-state index is 11.0. The van der Waals surface area contributed by atoms with Crippen molar-refractivity contribution < 1.29 is 9.90 Å². The number of hydrogen-bond acceptors (Lipinski definition) is 2. The highest BCUT2D eigenvalue weighted by molar-refractivity contribution is 5.73. The van der Waals surface area contributed by atoms with Crippen LogP contribution in [0.15, 0.2) is 0 Å². The van der Waals surface area contributed by atoms with E-state index in [0.717, 1.165) is 13.0 Å². The molecule has 0 saturated heterocycles. The first-order chi connectivity index (χ1) is 6.34. The molecule has 84 valence electrons. The zero-order valence-electron chi connectivity index (χ0n) is 9.95. The third kappa shape index (κ3) is 5.22. The Labute approximate surface area is 87.1 Å². The average Bonchev–Trinajstić information content (AvgIpc) is 1.97. The predicted molar refractivity (Wildman–Crippen MR) is 58.3 cm³/mol. The van der Waals surface area contributed by atoms with Crippen LogP contribution >= 0.6 is 0 Å². The van der Waals surface area contributed by atoms with E-state index in [9.17, 15) is 4.79 Å². The summed E-state index contributed by atoms with van der Waals surface area (Å²) >= 11 is 0. The van der Waals surface area contributed by atoms with E-state index >= 15 is 0 Å². The van der Waals surface area contributed by atoms with Crippen LogP contribution in [-0.4, -0.2) is 35.6 Å². The zero-order chi connectivity index (χ0) is 11.3. The fourth-order valence-electron chi connectivity index (χ4n) is 1.62. The van der Waals surface area contributed by atoms with Crippen molar-refractivity contribution >= 4 is 5.97 Å². The molecular formula is C11H23NO2. The van der Waals surface area contributed by atoms with Crippen molar-refractivity contribution in [2.24, 2.45) is 11.8 Å². The summed E-state index contributed by atoms with van der Waals surface area (Å²) in [6.07, 6.45) is 0.721. The van der Waals surface area contributed by atoms with Crippen LogP contribution < -0.4 is 0 Å². The first kappa shape index (κ1) is 13.4. The maximum absolute atomic E-state index is 11.0. The number of carboxylic acids is 1. The topological polar surface area (TPSA) is 40.5 Å². The lowest BCUT2D eigenvalue weighted by Gasteiger charge is -2.27. The lowest BCUT2D eigenvalue weighted by molar-refractivity contribution is -0.143. The molecule has 1 unspecified atom stereocenters. The SMILES string of the molecule is CC(C)CC(C(=O)O)N(C)CC(C)C. The molecule has 14 heavy (non-hydrogen) atoms. The van der Waals surface area contributed by atoms with Crippen LogP contribution in [0.25, 0.3) is 0 Å². The lowest BCUT2D eigenvalue weighted by Crippen LogP contribution is -2.41. The second-order valence-electron chi connectivity index (χ2n) is 4.82. The van der Waals surface area contributed by atoms with Crippen molar-refractivity contribution in [2.45, 2.75) is 40.2 Å². The van der Waals surface area contributed by atoms with Crippen LogP contribution in [0.1, 0.15) is 34.1 Å². The smallest absolute Gasteiger partial charge is 0.320 e. The first-order valence-electron chi connectivity index (χ1n) is 5.27. The number of carbonyl (C=O) groups is 1. The summed E-state index contributed by atoms with van der Waals surface area (Å²) in [6.45, 7) is 9.15. The van der Waals surface area contributed by atoms with E-state index in [2.05, 4.69) is 27.7 Å². The second kappa shape index (κ2) is 6.02. The minimum atomic E-state index is -0.707. The summed E-state index contributed by atoms with van der Waals surface area (Å²) in [6, 6.07) is -0.336. The van der Waals surface area contributed by atoms with Gasteiger partial charge in [-0.2, -0.15) is 0 Å². The average molecular weight is 201 g/mol. The third-order valence-electron chi connectivity index (χ3n) is 2.16. The van der Waals surface area contributed by atoms with E-state index in [0.29, 0.717) is 11.8 Å². The first-order valence-corrected chi connectivity index (χ1v) is 5.27. The molecule has 0 amide bonds. The largest absolute Gasteiger partial charge is 0.480 e. The molecule has 0 spiro atoms. The van der Waals surface area contributed by atoms with E-state index in [4.69, 9.17) is 5.11 Å². The molecule has 0 aromatic carbocycles.